The first-order valence-corrected chi connectivity index (χ1v) is 8.48. The van der Waals surface area contributed by atoms with E-state index in [0.29, 0.717) is 6.04 Å². The van der Waals surface area contributed by atoms with E-state index >= 15 is 0 Å². The van der Waals surface area contributed by atoms with Crippen molar-refractivity contribution in [3.63, 3.8) is 0 Å². The summed E-state index contributed by atoms with van der Waals surface area (Å²) in [7, 11) is 4.37. The van der Waals surface area contributed by atoms with Crippen LogP contribution in [0.4, 0.5) is 0 Å². The summed E-state index contributed by atoms with van der Waals surface area (Å²) >= 11 is 0. The molecule has 2 rings (SSSR count). The van der Waals surface area contributed by atoms with Gasteiger partial charge in [0.05, 0.1) is 6.04 Å². The van der Waals surface area contributed by atoms with Crippen molar-refractivity contribution in [2.75, 3.05) is 20.6 Å². The van der Waals surface area contributed by atoms with Gasteiger partial charge >= 0.3 is 0 Å². The molecular formula is C19H32N2. The molecule has 1 aliphatic carbocycles. The van der Waals surface area contributed by atoms with Crippen LogP contribution in [0, 0.1) is 0 Å². The zero-order chi connectivity index (χ0) is 15.5. The van der Waals surface area contributed by atoms with Crippen molar-refractivity contribution in [3.05, 3.63) is 35.4 Å². The van der Waals surface area contributed by atoms with Gasteiger partial charge in [0, 0.05) is 5.54 Å². The fraction of sp³-hybridized carbons (Fsp3) is 0.684. The summed E-state index contributed by atoms with van der Waals surface area (Å²) in [4.78, 5) is 2.35. The van der Waals surface area contributed by atoms with E-state index in [1.54, 1.807) is 5.56 Å². The van der Waals surface area contributed by atoms with Crippen LogP contribution in [0.3, 0.4) is 0 Å². The molecule has 2 heteroatoms. The van der Waals surface area contributed by atoms with Crippen LogP contribution in [0.5, 0.6) is 0 Å². The van der Waals surface area contributed by atoms with E-state index in [-0.39, 0.29) is 5.54 Å². The SMILES string of the molecule is CCCNC(c1ccccc1C1CCC1)C(C)(C)N(C)C. The lowest BCUT2D eigenvalue weighted by Crippen LogP contribution is -2.50. The molecule has 0 amide bonds. The highest BCUT2D eigenvalue weighted by atomic mass is 15.2. The van der Waals surface area contributed by atoms with Crippen molar-refractivity contribution in [1.29, 1.82) is 0 Å². The fourth-order valence-electron chi connectivity index (χ4n) is 3.15. The van der Waals surface area contributed by atoms with Crippen molar-refractivity contribution in [2.45, 2.75) is 64.0 Å². The van der Waals surface area contributed by atoms with Crippen LogP contribution in [-0.2, 0) is 0 Å². The number of likely N-dealkylation sites (N-methyl/N-ethyl adjacent to an activating group) is 1. The van der Waals surface area contributed by atoms with Gasteiger partial charge < -0.3 is 10.2 Å². The van der Waals surface area contributed by atoms with E-state index in [0.717, 1.165) is 12.5 Å². The Morgan fingerprint density at radius 2 is 1.90 bits per heavy atom. The summed E-state index contributed by atoms with van der Waals surface area (Å²) in [6, 6.07) is 9.47. The van der Waals surface area contributed by atoms with Gasteiger partial charge in [-0.05, 0) is 70.8 Å². The second kappa shape index (κ2) is 6.93. The van der Waals surface area contributed by atoms with Gasteiger partial charge in [-0.1, -0.05) is 37.6 Å². The zero-order valence-electron chi connectivity index (χ0n) is 14.4. The molecule has 0 saturated heterocycles. The monoisotopic (exact) mass is 288 g/mol. The first-order valence-electron chi connectivity index (χ1n) is 8.48. The first kappa shape index (κ1) is 16.5. The van der Waals surface area contributed by atoms with E-state index in [9.17, 15) is 0 Å². The molecule has 1 saturated carbocycles. The molecule has 0 radical (unpaired) electrons. The zero-order valence-corrected chi connectivity index (χ0v) is 14.4. The maximum absolute atomic E-state index is 3.81. The molecule has 1 aliphatic rings. The van der Waals surface area contributed by atoms with Gasteiger partial charge in [0.25, 0.3) is 0 Å². The van der Waals surface area contributed by atoms with Crippen LogP contribution in [0.15, 0.2) is 24.3 Å². The first-order chi connectivity index (χ1) is 9.98. The third-order valence-electron chi connectivity index (χ3n) is 5.31. The number of hydrogen-bond acceptors (Lipinski definition) is 2. The number of nitrogens with zero attached hydrogens (tertiary/aromatic N) is 1. The van der Waals surface area contributed by atoms with Crippen molar-refractivity contribution in [3.8, 4) is 0 Å². The van der Waals surface area contributed by atoms with Crippen molar-refractivity contribution >= 4 is 0 Å². The lowest BCUT2D eigenvalue weighted by atomic mass is 9.74. The summed E-state index contributed by atoms with van der Waals surface area (Å²) < 4.78 is 0. The van der Waals surface area contributed by atoms with Crippen molar-refractivity contribution in [1.82, 2.24) is 10.2 Å². The molecule has 21 heavy (non-hydrogen) atoms. The second-order valence-corrected chi connectivity index (χ2v) is 7.19. The van der Waals surface area contributed by atoms with E-state index in [1.807, 2.05) is 0 Å². The maximum atomic E-state index is 3.81. The largest absolute Gasteiger partial charge is 0.308 e. The fourth-order valence-corrected chi connectivity index (χ4v) is 3.15. The van der Waals surface area contributed by atoms with E-state index in [1.165, 1.54) is 31.2 Å². The van der Waals surface area contributed by atoms with Gasteiger partial charge in [0.1, 0.15) is 0 Å². The average molecular weight is 288 g/mol. The third-order valence-corrected chi connectivity index (χ3v) is 5.31. The van der Waals surface area contributed by atoms with Gasteiger partial charge in [0.15, 0.2) is 0 Å². The molecule has 1 N–H and O–H groups in total. The Labute approximate surface area is 130 Å². The molecule has 0 spiro atoms. The summed E-state index contributed by atoms with van der Waals surface area (Å²) in [5, 5.41) is 3.81. The van der Waals surface area contributed by atoms with Crippen LogP contribution in [-0.4, -0.2) is 31.1 Å². The average Bonchev–Trinajstić information content (AvgIpc) is 2.38. The molecule has 1 fully saturated rings. The summed E-state index contributed by atoms with van der Waals surface area (Å²) in [5.74, 6) is 0.782. The second-order valence-electron chi connectivity index (χ2n) is 7.19. The highest BCUT2D eigenvalue weighted by Gasteiger charge is 2.35. The van der Waals surface area contributed by atoms with Gasteiger partial charge in [-0.3, -0.25) is 0 Å². The van der Waals surface area contributed by atoms with Gasteiger partial charge in [-0.15, -0.1) is 0 Å². The standard InChI is InChI=1S/C19H32N2/c1-6-14-20-18(19(2,3)21(4)5)17-13-8-7-12-16(17)15-10-9-11-15/h7-8,12-13,15,18,20H,6,9-11,14H2,1-5H3. The van der Waals surface area contributed by atoms with E-state index < -0.39 is 0 Å². The molecule has 0 bridgehead atoms. The molecule has 0 aromatic heterocycles. The lowest BCUT2D eigenvalue weighted by molar-refractivity contribution is 0.137. The van der Waals surface area contributed by atoms with Gasteiger partial charge in [0.2, 0.25) is 0 Å². The molecule has 1 atom stereocenters. The minimum absolute atomic E-state index is 0.0923. The molecule has 118 valence electrons. The molecule has 0 heterocycles. The van der Waals surface area contributed by atoms with Crippen LogP contribution >= 0.6 is 0 Å². The van der Waals surface area contributed by atoms with Gasteiger partial charge in [-0.25, -0.2) is 0 Å². The van der Waals surface area contributed by atoms with E-state index in [2.05, 4.69) is 69.3 Å². The maximum Gasteiger partial charge on any atom is 0.0504 e. The molecule has 1 aromatic carbocycles. The highest BCUT2D eigenvalue weighted by molar-refractivity contribution is 5.36. The predicted molar refractivity (Wildman–Crippen MR) is 91.8 cm³/mol. The Hall–Kier alpha value is -0.860. The third kappa shape index (κ3) is 3.49. The Morgan fingerprint density at radius 3 is 2.43 bits per heavy atom. The lowest BCUT2D eigenvalue weighted by Gasteiger charge is -2.43. The highest BCUT2D eigenvalue weighted by Crippen LogP contribution is 2.41. The Kier molecular flexibility index (Phi) is 5.45. The number of benzene rings is 1. The Balaban J connectivity index is 2.36. The Morgan fingerprint density at radius 1 is 1.24 bits per heavy atom. The molecule has 2 nitrogen and oxygen atoms in total. The van der Waals surface area contributed by atoms with Crippen molar-refractivity contribution < 1.29 is 0 Å². The Bertz CT molecular complexity index is 447. The minimum Gasteiger partial charge on any atom is -0.308 e. The quantitative estimate of drug-likeness (QED) is 0.803. The number of rotatable bonds is 7. The molecule has 1 unspecified atom stereocenters. The number of hydrogen-bond donors (Lipinski definition) is 1. The number of nitrogens with one attached hydrogen (secondary N) is 1. The van der Waals surface area contributed by atoms with Crippen LogP contribution in [0.2, 0.25) is 0 Å². The van der Waals surface area contributed by atoms with Gasteiger partial charge in [-0.2, -0.15) is 0 Å². The normalized spacial score (nSPS) is 17.8. The summed E-state index contributed by atoms with van der Waals surface area (Å²) in [6.07, 6.45) is 5.29. The summed E-state index contributed by atoms with van der Waals surface area (Å²) in [6.45, 7) is 8.00. The van der Waals surface area contributed by atoms with Crippen LogP contribution < -0.4 is 5.32 Å². The van der Waals surface area contributed by atoms with E-state index in [4.69, 9.17) is 0 Å². The minimum atomic E-state index is 0.0923. The van der Waals surface area contributed by atoms with Crippen molar-refractivity contribution in [2.24, 2.45) is 0 Å². The predicted octanol–water partition coefficient (Wildman–Crippen LogP) is 4.34. The molecular weight excluding hydrogens is 256 g/mol. The molecule has 0 aliphatic heterocycles. The van der Waals surface area contributed by atoms with Crippen LogP contribution in [0.25, 0.3) is 0 Å². The van der Waals surface area contributed by atoms with Crippen LogP contribution in [0.1, 0.15) is 69.5 Å². The smallest absolute Gasteiger partial charge is 0.0504 e. The molecule has 1 aromatic rings. The summed E-state index contributed by atoms with van der Waals surface area (Å²) in [5.41, 5.74) is 3.18. The topological polar surface area (TPSA) is 15.3 Å².